The Morgan fingerprint density at radius 1 is 0.403 bits per heavy atom. The molecule has 18 N–H and O–H groups in total. The molecule has 0 aromatic carbocycles. The maximum atomic E-state index is 13.8. The minimum atomic E-state index is -1.80. The van der Waals surface area contributed by atoms with Crippen molar-refractivity contribution in [1.82, 2.24) is 42.5 Å². The van der Waals surface area contributed by atoms with Crippen molar-refractivity contribution in [2.45, 2.75) is 162 Å². The Labute approximate surface area is 389 Å². The molecule has 10 atom stereocenters. The first-order valence-corrected chi connectivity index (χ1v) is 21.7. The summed E-state index contributed by atoms with van der Waals surface area (Å²) in [4.78, 5) is 154. The van der Waals surface area contributed by atoms with Gasteiger partial charge >= 0.3 is 5.97 Å². The van der Waals surface area contributed by atoms with Crippen LogP contribution in [0.25, 0.3) is 0 Å². The van der Waals surface area contributed by atoms with Gasteiger partial charge in [0.1, 0.15) is 42.3 Å². The maximum Gasteiger partial charge on any atom is 0.328 e. The highest BCUT2D eigenvalue weighted by Gasteiger charge is 2.37. The van der Waals surface area contributed by atoms with Gasteiger partial charge in [-0.1, -0.05) is 55.4 Å². The molecule has 0 rings (SSSR count). The van der Waals surface area contributed by atoms with Gasteiger partial charge in [-0.3, -0.25) is 52.7 Å². The third-order valence-corrected chi connectivity index (χ3v) is 9.81. The molecule has 0 aliphatic carbocycles. The molecule has 0 aromatic heterocycles. The Morgan fingerprint density at radius 3 is 1.09 bits per heavy atom. The van der Waals surface area contributed by atoms with Gasteiger partial charge in [0.15, 0.2) is 6.04 Å². The summed E-state index contributed by atoms with van der Waals surface area (Å²) in [7, 11) is 0. The van der Waals surface area contributed by atoms with Gasteiger partial charge in [0.2, 0.25) is 65.0 Å². The molecule has 26 heteroatoms. The number of nitrogens with one attached hydrogen (secondary N) is 8. The van der Waals surface area contributed by atoms with E-state index in [0.717, 1.165) is 6.92 Å². The molecule has 0 fully saturated rings. The van der Waals surface area contributed by atoms with Gasteiger partial charge in [0, 0.05) is 0 Å². The molecule has 0 radical (unpaired) electrons. The second-order valence-electron chi connectivity index (χ2n) is 17.9. The van der Waals surface area contributed by atoms with Crippen LogP contribution in [0, 0.1) is 23.7 Å². The summed E-state index contributed by atoms with van der Waals surface area (Å²) in [5.74, 6) is -13.8. The largest absolute Gasteiger partial charge is 0.480 e. The summed E-state index contributed by atoms with van der Waals surface area (Å²) in [5, 5.41) is 38.2. The van der Waals surface area contributed by atoms with Crippen molar-refractivity contribution in [3.05, 3.63) is 0 Å². The average Bonchev–Trinajstić information content (AvgIpc) is 3.17. The quantitative estimate of drug-likeness (QED) is 0.0320. The standard InChI is InChI=1S/C41H72N12O14/c1-16(2)11-23(47-34(59)22(42)13-27(43)55)35(60)49-25(14-28(44)56)36(61)48-24(12-17(3)4)37(62)52-30(18(5)6)39(64)46-20(9)33(58)51-31(19(7)8)40(65)50-26(15-29(45)57)38(63)53-32(21(10)54)41(66)67/h16-26,30-32,54H,11-15,42H2,1-10H3,(H2,43,55)(H2,44,56)(H2,45,57)(H,46,64)(H,47,59)(H,48,61)(H,49,60)(H,50,65)(H,51,58)(H,52,62)(H,53,63)(H,66,67)/t20-,21+,22-,23-,24-,25-,26-,30-,31-,32-/m0/s1. The fraction of sp³-hybridized carbons (Fsp3) is 0.707. The molecule has 26 nitrogen and oxygen atoms in total. The lowest BCUT2D eigenvalue weighted by Crippen LogP contribution is -2.61. The third kappa shape index (κ3) is 22.5. The summed E-state index contributed by atoms with van der Waals surface area (Å²) in [6, 6.07) is -13.3. The first kappa shape index (κ1) is 60.6. The molecule has 11 amide bonds. The highest BCUT2D eigenvalue weighted by Crippen LogP contribution is 2.12. The Hall–Kier alpha value is -6.44. The minimum Gasteiger partial charge on any atom is -0.480 e. The van der Waals surface area contributed by atoms with Gasteiger partial charge in [0.05, 0.1) is 31.4 Å². The van der Waals surface area contributed by atoms with Crippen LogP contribution in [0.2, 0.25) is 0 Å². The molecule has 0 spiro atoms. The number of nitrogens with two attached hydrogens (primary N) is 4. The molecule has 0 saturated carbocycles. The van der Waals surface area contributed by atoms with Crippen LogP contribution in [0.3, 0.4) is 0 Å². The van der Waals surface area contributed by atoms with Crippen molar-refractivity contribution in [2.24, 2.45) is 46.6 Å². The Kier molecular flexibility index (Phi) is 25.8. The van der Waals surface area contributed by atoms with Crippen molar-refractivity contribution in [3.8, 4) is 0 Å². The molecule has 67 heavy (non-hydrogen) atoms. The van der Waals surface area contributed by atoms with E-state index in [9.17, 15) is 67.7 Å². The normalized spacial score (nSPS) is 15.8. The number of hydrogen-bond donors (Lipinski definition) is 14. The van der Waals surface area contributed by atoms with Crippen LogP contribution in [0.5, 0.6) is 0 Å². The number of carbonyl (C=O) groups excluding carboxylic acids is 11. The van der Waals surface area contributed by atoms with E-state index in [0.29, 0.717) is 0 Å². The predicted octanol–water partition coefficient (Wildman–Crippen LogP) is -5.29. The van der Waals surface area contributed by atoms with E-state index in [-0.39, 0.29) is 24.7 Å². The monoisotopic (exact) mass is 957 g/mol. The van der Waals surface area contributed by atoms with Crippen LogP contribution in [-0.2, 0) is 57.5 Å². The highest BCUT2D eigenvalue weighted by molar-refractivity contribution is 5.99. The van der Waals surface area contributed by atoms with E-state index in [2.05, 4.69) is 37.2 Å². The maximum absolute atomic E-state index is 13.8. The number of carboxylic acid groups (broad SMARTS) is 1. The van der Waals surface area contributed by atoms with Gasteiger partial charge in [-0.15, -0.1) is 0 Å². The molecule has 0 aromatic rings. The van der Waals surface area contributed by atoms with Crippen molar-refractivity contribution in [2.75, 3.05) is 0 Å². The topological polar surface area (TPSA) is 446 Å². The van der Waals surface area contributed by atoms with Crippen LogP contribution in [-0.4, -0.2) is 142 Å². The first-order chi connectivity index (χ1) is 30.8. The van der Waals surface area contributed by atoms with E-state index in [4.69, 9.17) is 22.9 Å². The minimum absolute atomic E-state index is 0.00878. The van der Waals surface area contributed by atoms with E-state index in [1.165, 1.54) is 20.8 Å². The lowest BCUT2D eigenvalue weighted by atomic mass is 9.99. The number of carbonyl (C=O) groups is 12. The highest BCUT2D eigenvalue weighted by atomic mass is 16.4. The second kappa shape index (κ2) is 28.6. The van der Waals surface area contributed by atoms with Crippen LogP contribution < -0.4 is 65.5 Å². The number of rotatable bonds is 30. The van der Waals surface area contributed by atoms with Crippen LogP contribution in [0.1, 0.15) is 101 Å². The predicted molar refractivity (Wildman–Crippen MR) is 238 cm³/mol. The molecule has 380 valence electrons. The fourth-order valence-electron chi connectivity index (χ4n) is 6.23. The summed E-state index contributed by atoms with van der Waals surface area (Å²) in [6.07, 6.45) is -3.55. The number of aliphatic carboxylic acids is 1. The smallest absolute Gasteiger partial charge is 0.328 e. The average molecular weight is 957 g/mol. The summed E-state index contributed by atoms with van der Waals surface area (Å²) >= 11 is 0. The van der Waals surface area contributed by atoms with E-state index < -0.39 is 163 Å². The number of primary amides is 3. The Morgan fingerprint density at radius 2 is 0.716 bits per heavy atom. The van der Waals surface area contributed by atoms with Gasteiger partial charge < -0.3 is 75.7 Å². The van der Waals surface area contributed by atoms with E-state index in [1.807, 2.05) is 5.32 Å². The summed E-state index contributed by atoms with van der Waals surface area (Å²) < 4.78 is 0. The molecule has 0 heterocycles. The van der Waals surface area contributed by atoms with Gasteiger partial charge in [-0.05, 0) is 50.4 Å². The van der Waals surface area contributed by atoms with Crippen molar-refractivity contribution >= 4 is 70.9 Å². The third-order valence-electron chi connectivity index (χ3n) is 9.81. The number of carboxylic acids is 1. The van der Waals surface area contributed by atoms with Crippen LogP contribution in [0.15, 0.2) is 0 Å². The SMILES string of the molecule is CC(C)C[C@H](NC(=O)[C@H](CC(N)=O)NC(=O)[C@H](CC(C)C)NC(=O)[C@@H](N)CC(N)=O)C(=O)N[C@H](C(=O)N[C@@H](C)C(=O)N[C@H](C(=O)N[C@@H](CC(N)=O)C(=O)N[C@H](C(=O)O)[C@@H](C)O)C(C)C)C(C)C. The first-order valence-electron chi connectivity index (χ1n) is 21.7. The zero-order valence-corrected chi connectivity index (χ0v) is 39.7. The Balaban J connectivity index is 6.24. The van der Waals surface area contributed by atoms with E-state index in [1.54, 1.807) is 41.5 Å². The molecular weight excluding hydrogens is 885 g/mol. The number of amides is 11. The summed E-state index contributed by atoms with van der Waals surface area (Å²) in [5.41, 5.74) is 21.5. The van der Waals surface area contributed by atoms with Crippen LogP contribution >= 0.6 is 0 Å². The van der Waals surface area contributed by atoms with Crippen LogP contribution in [0.4, 0.5) is 0 Å². The molecular formula is C41H72N12O14. The molecule has 0 aliphatic heterocycles. The lowest BCUT2D eigenvalue weighted by Gasteiger charge is -2.29. The number of hydrogen-bond acceptors (Lipinski definition) is 14. The van der Waals surface area contributed by atoms with Crippen molar-refractivity contribution in [3.63, 3.8) is 0 Å². The molecule has 0 unspecified atom stereocenters. The lowest BCUT2D eigenvalue weighted by molar-refractivity contribution is -0.145. The zero-order chi connectivity index (χ0) is 52.2. The van der Waals surface area contributed by atoms with Crippen molar-refractivity contribution in [1.29, 1.82) is 0 Å². The van der Waals surface area contributed by atoms with E-state index >= 15 is 0 Å². The fourth-order valence-corrected chi connectivity index (χ4v) is 6.23. The number of aliphatic hydroxyl groups is 1. The van der Waals surface area contributed by atoms with Gasteiger partial charge in [0.25, 0.3) is 0 Å². The van der Waals surface area contributed by atoms with Gasteiger partial charge in [-0.2, -0.15) is 0 Å². The molecule has 0 bridgehead atoms. The van der Waals surface area contributed by atoms with Gasteiger partial charge in [-0.25, -0.2) is 4.79 Å². The molecule has 0 aliphatic rings. The zero-order valence-electron chi connectivity index (χ0n) is 39.7. The number of aliphatic hydroxyl groups excluding tert-OH is 1. The summed E-state index contributed by atoms with van der Waals surface area (Å²) in [6.45, 7) is 15.5. The van der Waals surface area contributed by atoms with Crippen molar-refractivity contribution < 1.29 is 67.7 Å². The Bertz CT molecular complexity index is 1810. The second-order valence-corrected chi connectivity index (χ2v) is 17.9. The molecule has 0 saturated heterocycles.